The number of rotatable bonds is 6. The lowest BCUT2D eigenvalue weighted by atomic mass is 10.0. The van der Waals surface area contributed by atoms with Gasteiger partial charge in [0.15, 0.2) is 11.3 Å². The van der Waals surface area contributed by atoms with Gasteiger partial charge in [-0.25, -0.2) is 9.59 Å². The van der Waals surface area contributed by atoms with E-state index in [0.29, 0.717) is 0 Å². The van der Waals surface area contributed by atoms with Crippen LogP contribution in [0.4, 0.5) is 8.78 Å². The van der Waals surface area contributed by atoms with Crippen molar-refractivity contribution < 1.29 is 37.0 Å². The van der Waals surface area contributed by atoms with Gasteiger partial charge in [-0.1, -0.05) is 0 Å². The van der Waals surface area contributed by atoms with Gasteiger partial charge in [0.05, 0.1) is 18.8 Å². The van der Waals surface area contributed by atoms with Gasteiger partial charge < -0.3 is 18.6 Å². The van der Waals surface area contributed by atoms with Crippen LogP contribution >= 0.6 is 0 Å². The van der Waals surface area contributed by atoms with Gasteiger partial charge in [0.1, 0.15) is 0 Å². The lowest BCUT2D eigenvalue weighted by Gasteiger charge is -2.08. The molecule has 1 heterocycles. The molecular formula is C16H16F2O6. The summed E-state index contributed by atoms with van der Waals surface area (Å²) >= 11 is 0. The molecule has 0 saturated heterocycles. The average molecular weight is 342 g/mol. The van der Waals surface area contributed by atoms with Crippen molar-refractivity contribution in [2.75, 3.05) is 13.2 Å². The maximum absolute atomic E-state index is 12.6. The van der Waals surface area contributed by atoms with E-state index in [1.165, 1.54) is 19.1 Å². The number of esters is 2. The van der Waals surface area contributed by atoms with Crippen LogP contribution in [0.1, 0.15) is 40.3 Å². The summed E-state index contributed by atoms with van der Waals surface area (Å²) in [5.74, 6) is -1.89. The standard InChI is InChI=1S/C16H16F2O6/c1-4-21-14(19)9-6-7-10(23-16(17)18)13-11(9)8(3)12(24-13)15(20)22-5-2/h6-7,16H,4-5H2,1-3H3. The number of ether oxygens (including phenoxy) is 3. The molecule has 0 spiro atoms. The Balaban J connectivity index is 2.69. The van der Waals surface area contributed by atoms with Crippen LogP contribution in [-0.4, -0.2) is 31.8 Å². The van der Waals surface area contributed by atoms with Gasteiger partial charge in [-0.15, -0.1) is 0 Å². The smallest absolute Gasteiger partial charge is 0.387 e. The van der Waals surface area contributed by atoms with Crippen molar-refractivity contribution >= 4 is 22.9 Å². The van der Waals surface area contributed by atoms with E-state index in [1.807, 2.05) is 0 Å². The van der Waals surface area contributed by atoms with Crippen molar-refractivity contribution in [3.05, 3.63) is 29.0 Å². The molecule has 1 aromatic heterocycles. The van der Waals surface area contributed by atoms with Gasteiger partial charge in [0.2, 0.25) is 5.76 Å². The molecule has 0 N–H and O–H groups in total. The Morgan fingerprint density at radius 2 is 1.75 bits per heavy atom. The predicted octanol–water partition coefficient (Wildman–Crippen LogP) is 3.70. The number of furan rings is 1. The molecule has 24 heavy (non-hydrogen) atoms. The Hall–Kier alpha value is -2.64. The maximum atomic E-state index is 12.6. The van der Waals surface area contributed by atoms with E-state index >= 15 is 0 Å². The number of aryl methyl sites for hydroxylation is 1. The van der Waals surface area contributed by atoms with Crippen LogP contribution in [0.5, 0.6) is 5.75 Å². The van der Waals surface area contributed by atoms with E-state index in [-0.39, 0.29) is 46.8 Å². The van der Waals surface area contributed by atoms with E-state index in [2.05, 4.69) is 4.74 Å². The van der Waals surface area contributed by atoms with Gasteiger partial charge >= 0.3 is 18.6 Å². The fourth-order valence-corrected chi connectivity index (χ4v) is 2.29. The third-order valence-corrected chi connectivity index (χ3v) is 3.21. The predicted molar refractivity (Wildman–Crippen MR) is 79.5 cm³/mol. The highest BCUT2D eigenvalue weighted by atomic mass is 19.3. The first kappa shape index (κ1) is 17.7. The second-order valence-electron chi connectivity index (χ2n) is 4.69. The molecular weight excluding hydrogens is 326 g/mol. The van der Waals surface area contributed by atoms with Crippen LogP contribution in [0.3, 0.4) is 0 Å². The number of fused-ring (bicyclic) bond motifs is 1. The number of halogens is 2. The molecule has 6 nitrogen and oxygen atoms in total. The summed E-state index contributed by atoms with van der Waals surface area (Å²) in [6.07, 6.45) is 0. The molecule has 1 aromatic carbocycles. The van der Waals surface area contributed by atoms with Crippen LogP contribution in [0, 0.1) is 6.92 Å². The summed E-state index contributed by atoms with van der Waals surface area (Å²) in [4.78, 5) is 24.0. The lowest BCUT2D eigenvalue weighted by Crippen LogP contribution is -2.07. The fraction of sp³-hybridized carbons (Fsp3) is 0.375. The Bertz CT molecular complexity index is 766. The molecule has 0 bridgehead atoms. The van der Waals surface area contributed by atoms with Crippen LogP contribution in [-0.2, 0) is 9.47 Å². The minimum absolute atomic E-state index is 0.0882. The van der Waals surface area contributed by atoms with Crippen molar-refractivity contribution in [3.63, 3.8) is 0 Å². The highest BCUT2D eigenvalue weighted by Gasteiger charge is 2.26. The molecule has 2 aromatic rings. The normalized spacial score (nSPS) is 10.9. The van der Waals surface area contributed by atoms with Crippen LogP contribution in [0.15, 0.2) is 16.5 Å². The van der Waals surface area contributed by atoms with E-state index in [9.17, 15) is 18.4 Å². The molecule has 0 aliphatic rings. The molecule has 0 aliphatic carbocycles. The van der Waals surface area contributed by atoms with Crippen molar-refractivity contribution in [1.29, 1.82) is 0 Å². The first-order valence-electron chi connectivity index (χ1n) is 7.25. The number of hydrogen-bond donors (Lipinski definition) is 0. The molecule has 0 aliphatic heterocycles. The second kappa shape index (κ2) is 7.29. The van der Waals surface area contributed by atoms with E-state index in [0.717, 1.165) is 0 Å². The van der Waals surface area contributed by atoms with Crippen LogP contribution in [0.25, 0.3) is 11.0 Å². The van der Waals surface area contributed by atoms with E-state index in [4.69, 9.17) is 13.9 Å². The molecule has 2 rings (SSSR count). The van der Waals surface area contributed by atoms with Crippen LogP contribution in [0.2, 0.25) is 0 Å². The summed E-state index contributed by atoms with van der Waals surface area (Å²) in [6.45, 7) is 1.93. The van der Waals surface area contributed by atoms with Gasteiger partial charge in [0.25, 0.3) is 0 Å². The van der Waals surface area contributed by atoms with Crippen molar-refractivity contribution in [2.24, 2.45) is 0 Å². The van der Waals surface area contributed by atoms with Crippen molar-refractivity contribution in [3.8, 4) is 5.75 Å². The first-order chi connectivity index (χ1) is 11.4. The Labute approximate surface area is 136 Å². The van der Waals surface area contributed by atoms with Crippen molar-refractivity contribution in [2.45, 2.75) is 27.4 Å². The Morgan fingerprint density at radius 3 is 2.33 bits per heavy atom. The molecule has 0 atom stereocenters. The molecule has 0 amide bonds. The Morgan fingerprint density at radius 1 is 1.12 bits per heavy atom. The van der Waals surface area contributed by atoms with Gasteiger partial charge in [-0.05, 0) is 32.9 Å². The monoisotopic (exact) mass is 342 g/mol. The topological polar surface area (TPSA) is 75.0 Å². The zero-order valence-electron chi connectivity index (χ0n) is 13.4. The number of benzene rings is 1. The summed E-state index contributed by atoms with van der Waals surface area (Å²) in [7, 11) is 0. The molecule has 0 fully saturated rings. The minimum Gasteiger partial charge on any atom is -0.462 e. The quantitative estimate of drug-likeness (QED) is 0.745. The summed E-state index contributed by atoms with van der Waals surface area (Å²) in [5, 5.41) is 0.176. The molecule has 130 valence electrons. The highest BCUT2D eigenvalue weighted by molar-refractivity contribution is 6.09. The number of alkyl halides is 2. The number of carbonyl (C=O) groups is 2. The molecule has 8 heteroatoms. The molecule has 0 unspecified atom stereocenters. The van der Waals surface area contributed by atoms with Crippen molar-refractivity contribution in [1.82, 2.24) is 0 Å². The molecule has 0 saturated carbocycles. The average Bonchev–Trinajstić information content (AvgIpc) is 2.86. The zero-order valence-corrected chi connectivity index (χ0v) is 13.4. The Kier molecular flexibility index (Phi) is 5.38. The number of hydrogen-bond acceptors (Lipinski definition) is 6. The summed E-state index contributed by atoms with van der Waals surface area (Å²) in [5.41, 5.74) is 0.234. The zero-order chi connectivity index (χ0) is 17.9. The van der Waals surface area contributed by atoms with E-state index < -0.39 is 18.6 Å². The fourth-order valence-electron chi connectivity index (χ4n) is 2.29. The minimum atomic E-state index is -3.09. The first-order valence-corrected chi connectivity index (χ1v) is 7.25. The van der Waals surface area contributed by atoms with Gasteiger partial charge in [0, 0.05) is 10.9 Å². The maximum Gasteiger partial charge on any atom is 0.387 e. The van der Waals surface area contributed by atoms with Gasteiger partial charge in [-0.3, -0.25) is 0 Å². The lowest BCUT2D eigenvalue weighted by molar-refractivity contribution is -0.0494. The highest BCUT2D eigenvalue weighted by Crippen LogP contribution is 2.36. The van der Waals surface area contributed by atoms with Crippen LogP contribution < -0.4 is 4.74 Å². The van der Waals surface area contributed by atoms with E-state index in [1.54, 1.807) is 13.8 Å². The number of carbonyl (C=O) groups excluding carboxylic acids is 2. The summed E-state index contributed by atoms with van der Waals surface area (Å²) in [6, 6.07) is 2.45. The molecule has 0 radical (unpaired) electrons. The second-order valence-corrected chi connectivity index (χ2v) is 4.69. The van der Waals surface area contributed by atoms with Gasteiger partial charge in [-0.2, -0.15) is 8.78 Å². The largest absolute Gasteiger partial charge is 0.462 e. The third kappa shape index (κ3) is 3.32. The SMILES string of the molecule is CCOC(=O)c1oc2c(OC(F)F)ccc(C(=O)OCC)c2c1C. The third-order valence-electron chi connectivity index (χ3n) is 3.21. The summed E-state index contributed by atoms with van der Waals surface area (Å²) < 4.78 is 44.7.